The van der Waals surface area contributed by atoms with Crippen molar-refractivity contribution in [3.05, 3.63) is 36.0 Å². The summed E-state index contributed by atoms with van der Waals surface area (Å²) >= 11 is 0. The number of amides is 1. The summed E-state index contributed by atoms with van der Waals surface area (Å²) in [5.41, 5.74) is 2.45. The summed E-state index contributed by atoms with van der Waals surface area (Å²) in [6.45, 7) is 13.8. The lowest BCUT2D eigenvalue weighted by Crippen LogP contribution is -2.13. The van der Waals surface area contributed by atoms with Crippen LogP contribution in [0.4, 0.5) is 0 Å². The first-order valence-electron chi connectivity index (χ1n) is 4.45. The molecule has 1 aliphatic heterocycles. The molecule has 2 heteroatoms. The fraction of sp³-hybridized carbons (Fsp3) is 0.364. The van der Waals surface area contributed by atoms with E-state index >= 15 is 0 Å². The van der Waals surface area contributed by atoms with Gasteiger partial charge in [0.1, 0.15) is 0 Å². The van der Waals surface area contributed by atoms with Crippen LogP contribution in [-0.2, 0) is 4.79 Å². The van der Waals surface area contributed by atoms with Gasteiger partial charge in [-0.05, 0) is 12.5 Å². The molecule has 0 aromatic carbocycles. The molecule has 1 N–H and O–H groups in total. The van der Waals surface area contributed by atoms with Gasteiger partial charge in [0.05, 0.1) is 0 Å². The number of rotatable bonds is 1. The van der Waals surface area contributed by atoms with Gasteiger partial charge in [0.25, 0.3) is 5.91 Å². The molecule has 0 spiro atoms. The Balaban J connectivity index is 0.000000671. The minimum atomic E-state index is -0.0718. The molecule has 0 aromatic rings. The summed E-state index contributed by atoms with van der Waals surface area (Å²) in [5, 5.41) is 2.68. The second-order valence-corrected chi connectivity index (χ2v) is 2.68. The Labute approximate surface area is 80.0 Å². The van der Waals surface area contributed by atoms with Crippen molar-refractivity contribution in [3.63, 3.8) is 0 Å². The maximum absolute atomic E-state index is 10.9. The third-order valence-corrected chi connectivity index (χ3v) is 1.52. The third-order valence-electron chi connectivity index (χ3n) is 1.52. The van der Waals surface area contributed by atoms with Crippen molar-refractivity contribution in [1.82, 2.24) is 5.32 Å². The lowest BCUT2D eigenvalue weighted by Gasteiger charge is -1.93. The minimum Gasteiger partial charge on any atom is -0.348 e. The molecule has 0 radical (unpaired) electrons. The van der Waals surface area contributed by atoms with Crippen molar-refractivity contribution >= 4 is 5.91 Å². The molecule has 0 aromatic heterocycles. The fourth-order valence-corrected chi connectivity index (χ4v) is 0.970. The van der Waals surface area contributed by atoms with Crippen LogP contribution in [0.1, 0.15) is 20.8 Å². The van der Waals surface area contributed by atoms with Crippen LogP contribution in [0, 0.1) is 0 Å². The summed E-state index contributed by atoms with van der Waals surface area (Å²) in [6, 6.07) is 0. The van der Waals surface area contributed by atoms with Gasteiger partial charge in [-0.3, -0.25) is 4.79 Å². The van der Waals surface area contributed by atoms with E-state index in [-0.39, 0.29) is 5.91 Å². The average molecular weight is 179 g/mol. The first-order chi connectivity index (χ1) is 6.11. The number of hydrogen-bond donors (Lipinski definition) is 1. The molecule has 1 aliphatic rings. The molecule has 1 heterocycles. The first kappa shape index (κ1) is 11.7. The smallest absolute Gasteiger partial charge is 0.251 e. The predicted molar refractivity (Wildman–Crippen MR) is 56.4 cm³/mol. The predicted octanol–water partition coefficient (Wildman–Crippen LogP) is 2.20. The van der Waals surface area contributed by atoms with Gasteiger partial charge in [0, 0.05) is 12.1 Å². The van der Waals surface area contributed by atoms with E-state index in [1.54, 1.807) is 0 Å². The van der Waals surface area contributed by atoms with E-state index in [2.05, 4.69) is 18.5 Å². The van der Waals surface area contributed by atoms with E-state index in [0.29, 0.717) is 12.1 Å². The summed E-state index contributed by atoms with van der Waals surface area (Å²) in [5.74, 6) is -0.0718. The van der Waals surface area contributed by atoms with Crippen molar-refractivity contribution in [2.75, 3.05) is 6.54 Å². The van der Waals surface area contributed by atoms with Crippen LogP contribution in [0.5, 0.6) is 0 Å². The zero-order chi connectivity index (χ0) is 10.4. The van der Waals surface area contributed by atoms with Gasteiger partial charge in [-0.2, -0.15) is 0 Å². The van der Waals surface area contributed by atoms with Gasteiger partial charge >= 0.3 is 0 Å². The van der Waals surface area contributed by atoms with Crippen LogP contribution >= 0.6 is 0 Å². The zero-order valence-electron chi connectivity index (χ0n) is 8.61. The van der Waals surface area contributed by atoms with Crippen molar-refractivity contribution in [3.8, 4) is 0 Å². The Morgan fingerprint density at radius 1 is 1.54 bits per heavy atom. The highest BCUT2D eigenvalue weighted by atomic mass is 16.1. The molecular weight excluding hydrogens is 162 g/mol. The molecule has 72 valence electrons. The SMILES string of the molecule is C=C(C)/C=C1/CNC(=O)C1=C.CC. The van der Waals surface area contributed by atoms with E-state index in [1.165, 1.54) is 0 Å². The number of allylic oxidation sites excluding steroid dienone is 2. The van der Waals surface area contributed by atoms with Gasteiger partial charge in [-0.25, -0.2) is 0 Å². The molecule has 0 bridgehead atoms. The summed E-state index contributed by atoms with van der Waals surface area (Å²) in [7, 11) is 0. The normalized spacial score (nSPS) is 17.9. The van der Waals surface area contributed by atoms with Gasteiger partial charge in [-0.15, -0.1) is 0 Å². The Morgan fingerprint density at radius 3 is 2.38 bits per heavy atom. The molecule has 0 atom stereocenters. The van der Waals surface area contributed by atoms with E-state index in [0.717, 1.165) is 11.1 Å². The van der Waals surface area contributed by atoms with Crippen molar-refractivity contribution in [1.29, 1.82) is 0 Å². The molecular formula is C11H17NO. The Hall–Kier alpha value is -1.31. The molecule has 0 aliphatic carbocycles. The average Bonchev–Trinajstić information content (AvgIpc) is 2.39. The highest BCUT2D eigenvalue weighted by Gasteiger charge is 2.18. The summed E-state index contributed by atoms with van der Waals surface area (Å²) in [6.07, 6.45) is 1.88. The topological polar surface area (TPSA) is 29.1 Å². The van der Waals surface area contributed by atoms with E-state index in [9.17, 15) is 4.79 Å². The van der Waals surface area contributed by atoms with Crippen molar-refractivity contribution in [2.45, 2.75) is 20.8 Å². The van der Waals surface area contributed by atoms with Crippen LogP contribution in [0.25, 0.3) is 0 Å². The number of carbonyl (C=O) groups is 1. The molecule has 0 saturated carbocycles. The van der Waals surface area contributed by atoms with Crippen molar-refractivity contribution in [2.24, 2.45) is 0 Å². The largest absolute Gasteiger partial charge is 0.348 e. The van der Waals surface area contributed by atoms with E-state index in [4.69, 9.17) is 0 Å². The zero-order valence-corrected chi connectivity index (χ0v) is 8.61. The molecule has 1 amide bonds. The lowest BCUT2D eigenvalue weighted by molar-refractivity contribution is -0.116. The molecule has 1 saturated heterocycles. The van der Waals surface area contributed by atoms with Gasteiger partial charge in [0.2, 0.25) is 0 Å². The fourth-order valence-electron chi connectivity index (χ4n) is 0.970. The number of carbonyl (C=O) groups excluding carboxylic acids is 1. The summed E-state index contributed by atoms with van der Waals surface area (Å²) < 4.78 is 0. The van der Waals surface area contributed by atoms with Crippen LogP contribution in [0.2, 0.25) is 0 Å². The number of hydrogen-bond acceptors (Lipinski definition) is 1. The van der Waals surface area contributed by atoms with Crippen molar-refractivity contribution < 1.29 is 4.79 Å². The minimum absolute atomic E-state index is 0.0718. The van der Waals surface area contributed by atoms with E-state index in [1.807, 2.05) is 26.8 Å². The maximum Gasteiger partial charge on any atom is 0.251 e. The first-order valence-corrected chi connectivity index (χ1v) is 4.45. The second kappa shape index (κ2) is 5.36. The van der Waals surface area contributed by atoms with E-state index < -0.39 is 0 Å². The lowest BCUT2D eigenvalue weighted by atomic mass is 10.1. The Bertz CT molecular complexity index is 261. The molecule has 13 heavy (non-hydrogen) atoms. The molecule has 1 rings (SSSR count). The second-order valence-electron chi connectivity index (χ2n) is 2.68. The quantitative estimate of drug-likeness (QED) is 0.614. The maximum atomic E-state index is 10.9. The summed E-state index contributed by atoms with van der Waals surface area (Å²) in [4.78, 5) is 10.9. The molecule has 2 nitrogen and oxygen atoms in total. The third kappa shape index (κ3) is 3.28. The number of nitrogens with one attached hydrogen (secondary N) is 1. The van der Waals surface area contributed by atoms with Crippen LogP contribution in [0.15, 0.2) is 36.0 Å². The molecule has 0 unspecified atom stereocenters. The Kier molecular flexibility index (Phi) is 4.82. The highest BCUT2D eigenvalue weighted by molar-refractivity contribution is 6.00. The molecule has 1 fully saturated rings. The highest BCUT2D eigenvalue weighted by Crippen LogP contribution is 2.14. The Morgan fingerprint density at radius 2 is 2.08 bits per heavy atom. The van der Waals surface area contributed by atoms with Crippen LogP contribution < -0.4 is 5.32 Å². The van der Waals surface area contributed by atoms with Crippen LogP contribution in [-0.4, -0.2) is 12.5 Å². The van der Waals surface area contributed by atoms with Gasteiger partial charge in [-0.1, -0.05) is 38.7 Å². The monoisotopic (exact) mass is 179 g/mol. The van der Waals surface area contributed by atoms with Gasteiger partial charge < -0.3 is 5.32 Å². The van der Waals surface area contributed by atoms with Crippen LogP contribution in [0.3, 0.4) is 0 Å². The van der Waals surface area contributed by atoms with Gasteiger partial charge in [0.15, 0.2) is 0 Å². The standard InChI is InChI=1S/C9H11NO.C2H6/c1-6(2)4-8-5-10-9(11)7(8)3;1-2/h4H,1,3,5H2,2H3,(H,10,11);1-2H3/b8-4-;.